The van der Waals surface area contributed by atoms with Crippen molar-refractivity contribution in [3.05, 3.63) is 17.5 Å². The van der Waals surface area contributed by atoms with Crippen molar-refractivity contribution < 1.29 is 9.84 Å². The van der Waals surface area contributed by atoms with Crippen LogP contribution in [0.4, 0.5) is 0 Å². The zero-order chi connectivity index (χ0) is 14.8. The van der Waals surface area contributed by atoms with Gasteiger partial charge in [0.1, 0.15) is 0 Å². The van der Waals surface area contributed by atoms with Crippen LogP contribution in [-0.2, 0) is 18.3 Å². The van der Waals surface area contributed by atoms with E-state index in [2.05, 4.69) is 17.3 Å². The highest BCUT2D eigenvalue weighted by molar-refractivity contribution is 5.14. The summed E-state index contributed by atoms with van der Waals surface area (Å²) in [5.74, 6) is 0. The van der Waals surface area contributed by atoms with Gasteiger partial charge in [-0.1, -0.05) is 26.2 Å². The van der Waals surface area contributed by atoms with Crippen LogP contribution in [0.3, 0.4) is 0 Å². The molecule has 2 N–H and O–H groups in total. The number of aromatic nitrogens is 2. The van der Waals surface area contributed by atoms with Crippen molar-refractivity contribution in [3.63, 3.8) is 0 Å². The standard InChI is InChI=1S/C15H29N3O2/c1-4-5-6-7-8-20-12-15(19)10-16-9-14-11-18(3)17-13(14)2/h11,15-16,19H,4-10,12H2,1-3H3. The number of rotatable bonds is 11. The number of aliphatic hydroxyl groups is 1. The molecule has 1 aromatic rings. The van der Waals surface area contributed by atoms with Gasteiger partial charge >= 0.3 is 0 Å². The molecule has 0 aliphatic heterocycles. The number of ether oxygens (including phenoxy) is 1. The molecule has 5 nitrogen and oxygen atoms in total. The van der Waals surface area contributed by atoms with Crippen molar-refractivity contribution in [2.24, 2.45) is 7.05 Å². The average molecular weight is 283 g/mol. The largest absolute Gasteiger partial charge is 0.389 e. The first-order chi connectivity index (χ1) is 9.63. The van der Waals surface area contributed by atoms with Crippen molar-refractivity contribution in [1.29, 1.82) is 0 Å². The summed E-state index contributed by atoms with van der Waals surface area (Å²) in [6.45, 7) is 6.62. The van der Waals surface area contributed by atoms with E-state index in [1.807, 2.05) is 24.9 Å². The topological polar surface area (TPSA) is 59.3 Å². The fraction of sp³-hybridized carbons (Fsp3) is 0.800. The molecule has 1 aromatic heterocycles. The molecule has 1 heterocycles. The van der Waals surface area contributed by atoms with Crippen molar-refractivity contribution in [3.8, 4) is 0 Å². The van der Waals surface area contributed by atoms with E-state index in [1.165, 1.54) is 24.8 Å². The molecular weight excluding hydrogens is 254 g/mol. The van der Waals surface area contributed by atoms with Crippen LogP contribution in [0.5, 0.6) is 0 Å². The van der Waals surface area contributed by atoms with Gasteiger partial charge in [-0.05, 0) is 13.3 Å². The summed E-state index contributed by atoms with van der Waals surface area (Å²) < 4.78 is 7.27. The summed E-state index contributed by atoms with van der Waals surface area (Å²) in [4.78, 5) is 0. The first-order valence-corrected chi connectivity index (χ1v) is 7.59. The van der Waals surface area contributed by atoms with Gasteiger partial charge < -0.3 is 15.2 Å². The van der Waals surface area contributed by atoms with Crippen LogP contribution in [-0.4, -0.2) is 40.7 Å². The maximum absolute atomic E-state index is 9.80. The fourth-order valence-corrected chi connectivity index (χ4v) is 2.10. The highest BCUT2D eigenvalue weighted by Crippen LogP contribution is 2.03. The Hall–Kier alpha value is -0.910. The van der Waals surface area contributed by atoms with Gasteiger partial charge in [0, 0.05) is 38.5 Å². The highest BCUT2D eigenvalue weighted by Gasteiger charge is 2.06. The first-order valence-electron chi connectivity index (χ1n) is 7.59. The van der Waals surface area contributed by atoms with Gasteiger partial charge in [0.15, 0.2) is 0 Å². The van der Waals surface area contributed by atoms with Crippen LogP contribution >= 0.6 is 0 Å². The third-order valence-electron chi connectivity index (χ3n) is 3.26. The number of aliphatic hydroxyl groups excluding tert-OH is 1. The van der Waals surface area contributed by atoms with Crippen LogP contribution in [0.2, 0.25) is 0 Å². The molecule has 0 aliphatic carbocycles. The number of hydrogen-bond donors (Lipinski definition) is 2. The normalized spacial score (nSPS) is 12.8. The van der Waals surface area contributed by atoms with E-state index in [-0.39, 0.29) is 0 Å². The molecule has 0 saturated carbocycles. The van der Waals surface area contributed by atoms with E-state index in [9.17, 15) is 5.11 Å². The smallest absolute Gasteiger partial charge is 0.0897 e. The predicted molar refractivity (Wildman–Crippen MR) is 80.6 cm³/mol. The number of hydrogen-bond acceptors (Lipinski definition) is 4. The van der Waals surface area contributed by atoms with Gasteiger partial charge in [-0.3, -0.25) is 4.68 Å². The zero-order valence-electron chi connectivity index (χ0n) is 13.1. The van der Waals surface area contributed by atoms with E-state index >= 15 is 0 Å². The van der Waals surface area contributed by atoms with Gasteiger partial charge in [-0.25, -0.2) is 0 Å². The van der Waals surface area contributed by atoms with Gasteiger partial charge in [-0.2, -0.15) is 5.10 Å². The molecule has 5 heteroatoms. The molecule has 0 saturated heterocycles. The van der Waals surface area contributed by atoms with Crippen molar-refractivity contribution in [2.75, 3.05) is 19.8 Å². The Morgan fingerprint density at radius 3 is 2.85 bits per heavy atom. The van der Waals surface area contributed by atoms with Gasteiger partial charge in [0.25, 0.3) is 0 Å². The summed E-state index contributed by atoms with van der Waals surface area (Å²) in [5.41, 5.74) is 2.20. The third kappa shape index (κ3) is 7.03. The Labute approximate surface area is 122 Å². The molecule has 1 atom stereocenters. The fourth-order valence-electron chi connectivity index (χ4n) is 2.10. The minimum absolute atomic E-state index is 0.408. The summed E-state index contributed by atoms with van der Waals surface area (Å²) >= 11 is 0. The van der Waals surface area contributed by atoms with E-state index in [1.54, 1.807) is 0 Å². The minimum Gasteiger partial charge on any atom is -0.389 e. The Bertz CT molecular complexity index is 366. The lowest BCUT2D eigenvalue weighted by atomic mass is 10.2. The highest BCUT2D eigenvalue weighted by atomic mass is 16.5. The summed E-state index contributed by atoms with van der Waals surface area (Å²) in [7, 11) is 1.91. The number of nitrogens with zero attached hydrogens (tertiary/aromatic N) is 2. The van der Waals surface area contributed by atoms with E-state index < -0.39 is 6.10 Å². The monoisotopic (exact) mass is 283 g/mol. The Kier molecular flexibility index (Phi) is 8.49. The van der Waals surface area contributed by atoms with E-state index in [0.29, 0.717) is 13.2 Å². The molecule has 0 fully saturated rings. The molecule has 20 heavy (non-hydrogen) atoms. The molecule has 0 aliphatic rings. The lowest BCUT2D eigenvalue weighted by Gasteiger charge is -2.12. The maximum Gasteiger partial charge on any atom is 0.0897 e. The van der Waals surface area contributed by atoms with Crippen LogP contribution in [0.1, 0.15) is 43.9 Å². The Morgan fingerprint density at radius 2 is 2.20 bits per heavy atom. The van der Waals surface area contributed by atoms with Crippen molar-refractivity contribution in [1.82, 2.24) is 15.1 Å². The molecule has 1 unspecified atom stereocenters. The van der Waals surface area contributed by atoms with Crippen molar-refractivity contribution >= 4 is 0 Å². The lowest BCUT2D eigenvalue weighted by molar-refractivity contribution is 0.0353. The molecule has 1 rings (SSSR count). The van der Waals surface area contributed by atoms with Gasteiger partial charge in [0.05, 0.1) is 18.4 Å². The minimum atomic E-state index is -0.446. The number of unbranched alkanes of at least 4 members (excludes halogenated alkanes) is 3. The average Bonchev–Trinajstić information content (AvgIpc) is 2.72. The molecule has 0 spiro atoms. The molecule has 0 bridgehead atoms. The zero-order valence-corrected chi connectivity index (χ0v) is 13.1. The SMILES string of the molecule is CCCCCCOCC(O)CNCc1cn(C)nc1C. The van der Waals surface area contributed by atoms with Crippen molar-refractivity contribution in [2.45, 2.75) is 52.2 Å². The quantitative estimate of drug-likeness (QED) is 0.608. The van der Waals surface area contributed by atoms with E-state index in [0.717, 1.165) is 25.3 Å². The molecule has 0 aromatic carbocycles. The van der Waals surface area contributed by atoms with Crippen LogP contribution < -0.4 is 5.32 Å². The summed E-state index contributed by atoms with van der Waals surface area (Å²) in [5, 5.41) is 17.3. The molecule has 0 amide bonds. The maximum atomic E-state index is 9.80. The summed E-state index contributed by atoms with van der Waals surface area (Å²) in [6, 6.07) is 0. The van der Waals surface area contributed by atoms with Gasteiger partial charge in [0.2, 0.25) is 0 Å². The number of nitrogens with one attached hydrogen (secondary N) is 1. The summed E-state index contributed by atoms with van der Waals surface area (Å²) in [6.07, 6.45) is 6.35. The second-order valence-corrected chi connectivity index (χ2v) is 5.33. The third-order valence-corrected chi connectivity index (χ3v) is 3.26. The van der Waals surface area contributed by atoms with E-state index in [4.69, 9.17) is 4.74 Å². The van der Waals surface area contributed by atoms with Crippen LogP contribution in [0.25, 0.3) is 0 Å². The van der Waals surface area contributed by atoms with Crippen LogP contribution in [0.15, 0.2) is 6.20 Å². The molecule has 0 radical (unpaired) electrons. The Morgan fingerprint density at radius 1 is 1.40 bits per heavy atom. The molecule has 116 valence electrons. The second kappa shape index (κ2) is 9.91. The van der Waals surface area contributed by atoms with Gasteiger partial charge in [-0.15, -0.1) is 0 Å². The van der Waals surface area contributed by atoms with Crippen LogP contribution in [0, 0.1) is 6.92 Å². The predicted octanol–water partition coefficient (Wildman–Crippen LogP) is 1.78. The number of aryl methyl sites for hydroxylation is 2. The molecular formula is C15H29N3O2. The Balaban J connectivity index is 2.02. The lowest BCUT2D eigenvalue weighted by Crippen LogP contribution is -2.30. The first kappa shape index (κ1) is 17.1. The second-order valence-electron chi connectivity index (χ2n) is 5.33.